The molecule has 0 unspecified atom stereocenters. The normalized spacial score (nSPS) is 13.0. The second-order valence-corrected chi connectivity index (χ2v) is 2.59. The van der Waals surface area contributed by atoms with Gasteiger partial charge in [-0.3, -0.25) is 0 Å². The Kier molecular flexibility index (Phi) is 2.90. The highest BCUT2D eigenvalue weighted by atomic mass is 19.2. The molecule has 1 atom stereocenters. The van der Waals surface area contributed by atoms with E-state index in [2.05, 4.69) is 0 Å². The number of aliphatic hydroxyl groups is 1. The first-order valence-corrected chi connectivity index (χ1v) is 3.57. The van der Waals surface area contributed by atoms with Gasteiger partial charge in [-0.05, 0) is 17.7 Å². The van der Waals surface area contributed by atoms with Crippen molar-refractivity contribution < 1.29 is 18.3 Å². The quantitative estimate of drug-likeness (QED) is 0.687. The monoisotopic (exact) mass is 191 g/mol. The van der Waals surface area contributed by atoms with E-state index in [1.807, 2.05) is 0 Å². The van der Waals surface area contributed by atoms with Gasteiger partial charge in [0, 0.05) is 0 Å². The molecule has 0 aromatic heterocycles. The Hall–Kier alpha value is -1.07. The summed E-state index contributed by atoms with van der Waals surface area (Å²) in [5.41, 5.74) is 5.30. The van der Waals surface area contributed by atoms with Crippen LogP contribution in [-0.4, -0.2) is 11.7 Å². The van der Waals surface area contributed by atoms with Crippen LogP contribution < -0.4 is 5.73 Å². The number of nitrogens with two attached hydrogens (primary N) is 1. The smallest absolute Gasteiger partial charge is 0.194 e. The molecule has 1 aromatic rings. The number of hydrogen-bond donors (Lipinski definition) is 2. The molecule has 13 heavy (non-hydrogen) atoms. The van der Waals surface area contributed by atoms with Crippen molar-refractivity contribution in [3.63, 3.8) is 0 Å². The van der Waals surface area contributed by atoms with Crippen LogP contribution in [0.4, 0.5) is 13.2 Å². The Labute approximate surface area is 72.8 Å². The first-order chi connectivity index (χ1) is 6.06. The maximum absolute atomic E-state index is 12.6. The van der Waals surface area contributed by atoms with E-state index in [0.29, 0.717) is 0 Å². The maximum atomic E-state index is 12.6. The van der Waals surface area contributed by atoms with Crippen LogP contribution in [0, 0.1) is 17.5 Å². The van der Waals surface area contributed by atoms with Gasteiger partial charge in [0.1, 0.15) is 0 Å². The molecule has 0 spiro atoms. The van der Waals surface area contributed by atoms with Gasteiger partial charge in [0.25, 0.3) is 0 Å². The van der Waals surface area contributed by atoms with E-state index in [1.54, 1.807) is 0 Å². The van der Waals surface area contributed by atoms with E-state index < -0.39 is 30.1 Å². The summed E-state index contributed by atoms with van der Waals surface area (Å²) in [5, 5.41) is 8.58. The van der Waals surface area contributed by atoms with Crippen molar-refractivity contribution in [1.29, 1.82) is 0 Å². The highest BCUT2D eigenvalue weighted by Crippen LogP contribution is 2.17. The molecule has 1 aromatic carbocycles. The predicted octanol–water partition coefficient (Wildman–Crippen LogP) is 1.10. The third-order valence-corrected chi connectivity index (χ3v) is 1.63. The predicted molar refractivity (Wildman–Crippen MR) is 40.3 cm³/mol. The zero-order valence-electron chi connectivity index (χ0n) is 6.60. The van der Waals surface area contributed by atoms with Crippen molar-refractivity contribution in [3.05, 3.63) is 35.1 Å². The van der Waals surface area contributed by atoms with Gasteiger partial charge in [-0.2, -0.15) is 0 Å². The Balaban J connectivity index is 3.13. The fraction of sp³-hybridized carbons (Fsp3) is 0.250. The van der Waals surface area contributed by atoms with Crippen LogP contribution in [0.1, 0.15) is 11.6 Å². The molecule has 0 fully saturated rings. The van der Waals surface area contributed by atoms with Gasteiger partial charge in [-0.1, -0.05) is 0 Å². The molecule has 0 saturated heterocycles. The van der Waals surface area contributed by atoms with Crippen molar-refractivity contribution in [2.75, 3.05) is 6.61 Å². The minimum absolute atomic E-state index is 0.0268. The fourth-order valence-corrected chi connectivity index (χ4v) is 0.895. The first kappa shape index (κ1) is 10.0. The highest BCUT2D eigenvalue weighted by Gasteiger charge is 2.13. The lowest BCUT2D eigenvalue weighted by Crippen LogP contribution is -2.15. The Bertz CT molecular complexity index is 293. The summed E-state index contributed by atoms with van der Waals surface area (Å²) in [5.74, 6) is -4.15. The van der Waals surface area contributed by atoms with Gasteiger partial charge >= 0.3 is 0 Å². The van der Waals surface area contributed by atoms with E-state index in [4.69, 9.17) is 10.8 Å². The van der Waals surface area contributed by atoms with Gasteiger partial charge in [0.2, 0.25) is 0 Å². The molecule has 0 aliphatic heterocycles. The van der Waals surface area contributed by atoms with Crippen molar-refractivity contribution in [1.82, 2.24) is 0 Å². The van der Waals surface area contributed by atoms with Gasteiger partial charge in [-0.15, -0.1) is 0 Å². The summed E-state index contributed by atoms with van der Waals surface area (Å²) in [6.07, 6.45) is 0. The molecular formula is C8H8F3NO. The zero-order valence-corrected chi connectivity index (χ0v) is 6.60. The van der Waals surface area contributed by atoms with Crippen LogP contribution in [0.3, 0.4) is 0 Å². The average molecular weight is 191 g/mol. The standard InChI is InChI=1S/C8H8F3NO/c9-5-1-4(7(12)3-13)2-6(10)8(5)11/h1-2,7,13H,3,12H2/t7-/m0/s1. The summed E-state index contributed by atoms with van der Waals surface area (Å²) in [6.45, 7) is -0.454. The summed E-state index contributed by atoms with van der Waals surface area (Å²) in [4.78, 5) is 0. The molecular weight excluding hydrogens is 183 g/mol. The van der Waals surface area contributed by atoms with E-state index in [1.165, 1.54) is 0 Å². The lowest BCUT2D eigenvalue weighted by Gasteiger charge is -2.08. The molecule has 0 radical (unpaired) electrons. The Morgan fingerprint density at radius 3 is 2.08 bits per heavy atom. The zero-order chi connectivity index (χ0) is 10.0. The minimum atomic E-state index is -1.53. The van der Waals surface area contributed by atoms with Crippen LogP contribution in [0.25, 0.3) is 0 Å². The fourth-order valence-electron chi connectivity index (χ4n) is 0.895. The molecule has 1 rings (SSSR count). The molecule has 0 amide bonds. The Morgan fingerprint density at radius 1 is 1.23 bits per heavy atom. The highest BCUT2D eigenvalue weighted by molar-refractivity contribution is 5.22. The van der Waals surface area contributed by atoms with E-state index in [9.17, 15) is 13.2 Å². The van der Waals surface area contributed by atoms with Crippen molar-refractivity contribution in [3.8, 4) is 0 Å². The second kappa shape index (κ2) is 3.76. The van der Waals surface area contributed by atoms with Gasteiger partial charge in [-0.25, -0.2) is 13.2 Å². The molecule has 0 aliphatic carbocycles. The maximum Gasteiger partial charge on any atom is 0.194 e. The topological polar surface area (TPSA) is 46.2 Å². The summed E-state index contributed by atoms with van der Waals surface area (Å²) in [7, 11) is 0. The first-order valence-electron chi connectivity index (χ1n) is 3.57. The third kappa shape index (κ3) is 1.99. The summed E-state index contributed by atoms with van der Waals surface area (Å²) in [6, 6.07) is 0.628. The molecule has 5 heteroatoms. The van der Waals surface area contributed by atoms with Crippen LogP contribution >= 0.6 is 0 Å². The second-order valence-electron chi connectivity index (χ2n) is 2.59. The van der Waals surface area contributed by atoms with Gasteiger partial charge in [0.15, 0.2) is 17.5 Å². The Morgan fingerprint density at radius 2 is 1.69 bits per heavy atom. The number of hydrogen-bond acceptors (Lipinski definition) is 2. The molecule has 0 bridgehead atoms. The molecule has 0 saturated carbocycles. The lowest BCUT2D eigenvalue weighted by atomic mass is 10.1. The van der Waals surface area contributed by atoms with Crippen LogP contribution in [0.15, 0.2) is 12.1 Å². The van der Waals surface area contributed by atoms with E-state index in [-0.39, 0.29) is 5.56 Å². The van der Waals surface area contributed by atoms with Gasteiger partial charge < -0.3 is 10.8 Å². The van der Waals surface area contributed by atoms with Crippen LogP contribution in [-0.2, 0) is 0 Å². The SMILES string of the molecule is N[C@@H](CO)c1cc(F)c(F)c(F)c1. The number of aliphatic hydroxyl groups excluding tert-OH is 1. The van der Waals surface area contributed by atoms with Crippen LogP contribution in [0.2, 0.25) is 0 Å². The molecule has 0 aliphatic rings. The lowest BCUT2D eigenvalue weighted by molar-refractivity contribution is 0.267. The van der Waals surface area contributed by atoms with E-state index in [0.717, 1.165) is 12.1 Å². The van der Waals surface area contributed by atoms with Crippen molar-refractivity contribution >= 4 is 0 Å². The van der Waals surface area contributed by atoms with Crippen molar-refractivity contribution in [2.24, 2.45) is 5.73 Å². The molecule has 2 nitrogen and oxygen atoms in total. The van der Waals surface area contributed by atoms with E-state index >= 15 is 0 Å². The molecule has 72 valence electrons. The van der Waals surface area contributed by atoms with Crippen molar-refractivity contribution in [2.45, 2.75) is 6.04 Å². The van der Waals surface area contributed by atoms with Gasteiger partial charge in [0.05, 0.1) is 12.6 Å². The minimum Gasteiger partial charge on any atom is -0.394 e. The van der Waals surface area contributed by atoms with Crippen LogP contribution in [0.5, 0.6) is 0 Å². The number of benzene rings is 1. The number of rotatable bonds is 2. The summed E-state index contributed by atoms with van der Waals surface area (Å²) >= 11 is 0. The molecule has 3 N–H and O–H groups in total. The average Bonchev–Trinajstić information content (AvgIpc) is 2.12. The third-order valence-electron chi connectivity index (χ3n) is 1.63. The molecule has 0 heterocycles. The largest absolute Gasteiger partial charge is 0.394 e. The summed E-state index contributed by atoms with van der Waals surface area (Å²) < 4.78 is 37.6. The number of halogens is 3.